The Morgan fingerprint density at radius 1 is 1.45 bits per heavy atom. The first-order chi connectivity index (χ1) is 9.43. The minimum absolute atomic E-state index is 0.373. The van der Waals surface area contributed by atoms with Crippen molar-refractivity contribution in [3.05, 3.63) is 34.9 Å². The van der Waals surface area contributed by atoms with Crippen LogP contribution in [0.1, 0.15) is 0 Å². The number of alkyl halides is 2. The summed E-state index contributed by atoms with van der Waals surface area (Å²) >= 11 is 0. The van der Waals surface area contributed by atoms with Crippen LogP contribution < -0.4 is 16.7 Å². The number of nitrogens with two attached hydrogens (primary N) is 1. The molecule has 0 spiro atoms. The highest BCUT2D eigenvalue weighted by Gasteiger charge is 2.27. The standard InChI is InChI=1S/C11H13F2N5O2/c12-11(13,6-14)7-15-9(19)5-18-10(20)17-4-2-1-3-8(17)16-18/h1-4H,5-7,14H2,(H,15,19). The first-order valence-corrected chi connectivity index (χ1v) is 5.82. The number of carbonyl (C=O) groups is 1. The second-order valence-corrected chi connectivity index (χ2v) is 4.21. The second-order valence-electron chi connectivity index (χ2n) is 4.21. The van der Waals surface area contributed by atoms with E-state index in [0.29, 0.717) is 5.65 Å². The van der Waals surface area contributed by atoms with Gasteiger partial charge in [-0.2, -0.15) is 0 Å². The molecule has 0 saturated heterocycles. The molecule has 0 aliphatic carbocycles. The van der Waals surface area contributed by atoms with Gasteiger partial charge in [0.05, 0.1) is 13.1 Å². The summed E-state index contributed by atoms with van der Waals surface area (Å²) in [5.41, 5.74) is 4.71. The maximum atomic E-state index is 12.9. The molecule has 0 bridgehead atoms. The zero-order chi connectivity index (χ0) is 14.8. The summed E-state index contributed by atoms with van der Waals surface area (Å²) in [5.74, 6) is -3.90. The SMILES string of the molecule is NCC(F)(F)CNC(=O)Cn1nc2ccccn2c1=O. The number of hydrogen-bond acceptors (Lipinski definition) is 4. The van der Waals surface area contributed by atoms with Crippen molar-refractivity contribution < 1.29 is 13.6 Å². The number of amides is 1. The molecule has 2 rings (SSSR count). The quantitative estimate of drug-likeness (QED) is 0.752. The maximum Gasteiger partial charge on any atom is 0.350 e. The van der Waals surface area contributed by atoms with E-state index in [0.717, 1.165) is 4.68 Å². The molecule has 20 heavy (non-hydrogen) atoms. The van der Waals surface area contributed by atoms with Crippen molar-refractivity contribution >= 4 is 11.6 Å². The van der Waals surface area contributed by atoms with Gasteiger partial charge >= 0.3 is 5.69 Å². The second kappa shape index (κ2) is 5.37. The molecule has 0 atom stereocenters. The van der Waals surface area contributed by atoms with Crippen LogP contribution in [-0.4, -0.2) is 39.1 Å². The molecule has 0 unspecified atom stereocenters. The van der Waals surface area contributed by atoms with Crippen LogP contribution in [0.3, 0.4) is 0 Å². The third kappa shape index (κ3) is 2.99. The number of hydrogen-bond donors (Lipinski definition) is 2. The fraction of sp³-hybridized carbons (Fsp3) is 0.364. The first kappa shape index (κ1) is 14.1. The summed E-state index contributed by atoms with van der Waals surface area (Å²) in [7, 11) is 0. The molecule has 2 aromatic rings. The van der Waals surface area contributed by atoms with Crippen molar-refractivity contribution in [2.45, 2.75) is 12.5 Å². The van der Waals surface area contributed by atoms with Crippen LogP contribution in [-0.2, 0) is 11.3 Å². The van der Waals surface area contributed by atoms with Gasteiger partial charge in [-0.15, -0.1) is 5.10 Å². The van der Waals surface area contributed by atoms with Gasteiger partial charge in [0.15, 0.2) is 5.65 Å². The van der Waals surface area contributed by atoms with E-state index in [-0.39, 0.29) is 0 Å². The van der Waals surface area contributed by atoms with Crippen LogP contribution in [0.5, 0.6) is 0 Å². The lowest BCUT2D eigenvalue weighted by molar-refractivity contribution is -0.123. The van der Waals surface area contributed by atoms with Gasteiger partial charge < -0.3 is 11.1 Å². The van der Waals surface area contributed by atoms with Gasteiger partial charge in [-0.1, -0.05) is 6.07 Å². The van der Waals surface area contributed by atoms with E-state index in [9.17, 15) is 18.4 Å². The predicted molar refractivity (Wildman–Crippen MR) is 66.5 cm³/mol. The Hall–Kier alpha value is -2.29. The van der Waals surface area contributed by atoms with Gasteiger partial charge in [-0.25, -0.2) is 18.3 Å². The summed E-state index contributed by atoms with van der Waals surface area (Å²) in [6.07, 6.45) is 1.50. The molecule has 1 amide bonds. The number of pyridine rings is 1. The van der Waals surface area contributed by atoms with E-state index in [2.05, 4.69) is 5.10 Å². The molecule has 2 aromatic heterocycles. The fourth-order valence-electron chi connectivity index (χ4n) is 1.56. The Morgan fingerprint density at radius 2 is 2.20 bits per heavy atom. The molecule has 0 saturated carbocycles. The summed E-state index contributed by atoms with van der Waals surface area (Å²) < 4.78 is 27.9. The molecule has 3 N–H and O–H groups in total. The highest BCUT2D eigenvalue weighted by atomic mass is 19.3. The average Bonchev–Trinajstić information content (AvgIpc) is 2.74. The van der Waals surface area contributed by atoms with Crippen LogP contribution in [0.4, 0.5) is 8.78 Å². The smallest absolute Gasteiger partial charge is 0.348 e. The largest absolute Gasteiger partial charge is 0.350 e. The lowest BCUT2D eigenvalue weighted by Crippen LogP contribution is -2.43. The normalized spacial score (nSPS) is 11.8. The van der Waals surface area contributed by atoms with Gasteiger partial charge in [0.1, 0.15) is 6.54 Å². The molecule has 0 aromatic carbocycles. The lowest BCUT2D eigenvalue weighted by atomic mass is 10.3. The van der Waals surface area contributed by atoms with E-state index in [4.69, 9.17) is 5.73 Å². The number of nitrogens with zero attached hydrogens (tertiary/aromatic N) is 3. The van der Waals surface area contributed by atoms with E-state index in [1.807, 2.05) is 5.32 Å². The number of fused-ring (bicyclic) bond motifs is 1. The summed E-state index contributed by atoms with van der Waals surface area (Å²) in [5, 5.41) is 5.93. The summed E-state index contributed by atoms with van der Waals surface area (Å²) in [6.45, 7) is -2.16. The molecule has 108 valence electrons. The third-order valence-corrected chi connectivity index (χ3v) is 2.62. The maximum absolute atomic E-state index is 12.9. The summed E-state index contributed by atoms with van der Waals surface area (Å²) in [4.78, 5) is 23.3. The van der Waals surface area contributed by atoms with Gasteiger partial charge in [0, 0.05) is 6.20 Å². The highest BCUT2D eigenvalue weighted by molar-refractivity contribution is 5.75. The van der Waals surface area contributed by atoms with E-state index < -0.39 is 37.2 Å². The van der Waals surface area contributed by atoms with Crippen molar-refractivity contribution in [1.82, 2.24) is 19.5 Å². The van der Waals surface area contributed by atoms with Crippen LogP contribution in [0, 0.1) is 0 Å². The Labute approximate surface area is 112 Å². The van der Waals surface area contributed by atoms with Crippen molar-refractivity contribution in [2.24, 2.45) is 5.73 Å². The molecule has 0 fully saturated rings. The van der Waals surface area contributed by atoms with E-state index in [1.165, 1.54) is 10.6 Å². The molecular formula is C11H13F2N5O2. The minimum Gasteiger partial charge on any atom is -0.348 e. The molecule has 9 heteroatoms. The molecule has 0 aliphatic heterocycles. The van der Waals surface area contributed by atoms with Gasteiger partial charge in [0.25, 0.3) is 5.92 Å². The highest BCUT2D eigenvalue weighted by Crippen LogP contribution is 2.08. The first-order valence-electron chi connectivity index (χ1n) is 5.82. The predicted octanol–water partition coefficient (Wildman–Crippen LogP) is -0.794. The van der Waals surface area contributed by atoms with Crippen molar-refractivity contribution in [1.29, 1.82) is 0 Å². The minimum atomic E-state index is -3.17. The van der Waals surface area contributed by atoms with Gasteiger partial charge in [-0.3, -0.25) is 9.20 Å². The third-order valence-electron chi connectivity index (χ3n) is 2.62. The Bertz CT molecular complexity index is 679. The molecule has 0 radical (unpaired) electrons. The van der Waals surface area contributed by atoms with E-state index >= 15 is 0 Å². The van der Waals surface area contributed by atoms with Crippen LogP contribution >= 0.6 is 0 Å². The van der Waals surface area contributed by atoms with Crippen molar-refractivity contribution in [3.8, 4) is 0 Å². The number of halogens is 2. The molecule has 7 nitrogen and oxygen atoms in total. The molecular weight excluding hydrogens is 272 g/mol. The molecule has 2 heterocycles. The van der Waals surface area contributed by atoms with Crippen LogP contribution in [0.25, 0.3) is 5.65 Å². The number of rotatable bonds is 5. The number of carbonyl (C=O) groups excluding carboxylic acids is 1. The van der Waals surface area contributed by atoms with E-state index in [1.54, 1.807) is 18.2 Å². The molecule has 0 aliphatic rings. The Balaban J connectivity index is 2.07. The average molecular weight is 285 g/mol. The topological polar surface area (TPSA) is 94.4 Å². The van der Waals surface area contributed by atoms with Crippen LogP contribution in [0.15, 0.2) is 29.2 Å². The fourth-order valence-corrected chi connectivity index (χ4v) is 1.56. The number of nitrogens with one attached hydrogen (secondary N) is 1. The van der Waals surface area contributed by atoms with Crippen molar-refractivity contribution in [2.75, 3.05) is 13.1 Å². The van der Waals surface area contributed by atoms with Crippen molar-refractivity contribution in [3.63, 3.8) is 0 Å². The van der Waals surface area contributed by atoms with Gasteiger partial charge in [-0.05, 0) is 12.1 Å². The zero-order valence-corrected chi connectivity index (χ0v) is 10.4. The Kier molecular flexibility index (Phi) is 3.79. The Morgan fingerprint density at radius 3 is 2.85 bits per heavy atom. The lowest BCUT2D eigenvalue weighted by Gasteiger charge is -2.14. The number of aromatic nitrogens is 3. The summed E-state index contributed by atoms with van der Waals surface area (Å²) in [6, 6.07) is 4.93. The zero-order valence-electron chi connectivity index (χ0n) is 10.4. The van der Waals surface area contributed by atoms with Crippen LogP contribution in [0.2, 0.25) is 0 Å². The monoisotopic (exact) mass is 285 g/mol. The van der Waals surface area contributed by atoms with Gasteiger partial charge in [0.2, 0.25) is 5.91 Å².